The lowest BCUT2D eigenvalue weighted by Crippen LogP contribution is -2.22. The third-order valence-corrected chi connectivity index (χ3v) is 4.42. The van der Waals surface area contributed by atoms with Gasteiger partial charge >= 0.3 is 0 Å². The average molecular weight is 178 g/mol. The second-order valence-electron chi connectivity index (χ2n) is 3.00. The lowest BCUT2D eigenvalue weighted by atomic mass is 10.4. The van der Waals surface area contributed by atoms with Crippen molar-refractivity contribution in [2.45, 2.75) is 30.9 Å². The molecule has 1 aliphatic carbocycles. The van der Waals surface area contributed by atoms with Gasteiger partial charge in [-0.1, -0.05) is 12.8 Å². The molecular formula is C7H14O3S. The van der Waals surface area contributed by atoms with Gasteiger partial charge in [0, 0.05) is 0 Å². The van der Waals surface area contributed by atoms with E-state index in [1.165, 1.54) is 0 Å². The smallest absolute Gasteiger partial charge is 0.155 e. The van der Waals surface area contributed by atoms with Crippen LogP contribution in [0.15, 0.2) is 0 Å². The summed E-state index contributed by atoms with van der Waals surface area (Å²) < 4.78 is 22.5. The predicted molar refractivity (Wildman–Crippen MR) is 43.1 cm³/mol. The van der Waals surface area contributed by atoms with Crippen LogP contribution in [0.5, 0.6) is 0 Å². The van der Waals surface area contributed by atoms with Crippen LogP contribution in [0.3, 0.4) is 0 Å². The first-order valence-electron chi connectivity index (χ1n) is 3.99. The predicted octanol–water partition coefficient (Wildman–Crippen LogP) is 0.336. The fourth-order valence-corrected chi connectivity index (χ4v) is 3.18. The Bertz CT molecular complexity index is 202. The van der Waals surface area contributed by atoms with Gasteiger partial charge in [-0.2, -0.15) is 0 Å². The quantitative estimate of drug-likeness (QED) is 0.678. The van der Waals surface area contributed by atoms with Gasteiger partial charge in [0.2, 0.25) is 0 Å². The SMILES string of the molecule is O=S(=O)(CCO)C1CCCC1. The molecule has 0 amide bonds. The molecule has 0 unspecified atom stereocenters. The number of sulfone groups is 1. The van der Waals surface area contributed by atoms with Crippen molar-refractivity contribution in [2.75, 3.05) is 12.4 Å². The molecule has 1 rings (SSSR count). The average Bonchev–Trinajstić information content (AvgIpc) is 2.37. The van der Waals surface area contributed by atoms with Crippen molar-refractivity contribution >= 4 is 9.84 Å². The van der Waals surface area contributed by atoms with Crippen molar-refractivity contribution in [2.24, 2.45) is 0 Å². The topological polar surface area (TPSA) is 54.4 Å². The van der Waals surface area contributed by atoms with Crippen LogP contribution in [0.4, 0.5) is 0 Å². The van der Waals surface area contributed by atoms with E-state index in [4.69, 9.17) is 5.11 Å². The van der Waals surface area contributed by atoms with Gasteiger partial charge in [0.1, 0.15) is 0 Å². The Balaban J connectivity index is 2.56. The molecule has 0 bridgehead atoms. The van der Waals surface area contributed by atoms with E-state index in [0.29, 0.717) is 0 Å². The standard InChI is InChI=1S/C7H14O3S/c8-5-6-11(9,10)7-3-1-2-4-7/h7-8H,1-6H2. The largest absolute Gasteiger partial charge is 0.395 e. The molecule has 1 aliphatic rings. The molecule has 0 aromatic carbocycles. The van der Waals surface area contributed by atoms with Crippen molar-refractivity contribution in [3.8, 4) is 0 Å². The van der Waals surface area contributed by atoms with E-state index >= 15 is 0 Å². The molecule has 1 fully saturated rings. The van der Waals surface area contributed by atoms with Crippen molar-refractivity contribution in [1.29, 1.82) is 0 Å². The molecule has 0 aromatic rings. The third kappa shape index (κ3) is 2.17. The Hall–Kier alpha value is -0.0900. The van der Waals surface area contributed by atoms with Crippen molar-refractivity contribution in [3.63, 3.8) is 0 Å². The highest BCUT2D eigenvalue weighted by Crippen LogP contribution is 2.24. The lowest BCUT2D eigenvalue weighted by Gasteiger charge is -2.08. The maximum absolute atomic E-state index is 11.3. The van der Waals surface area contributed by atoms with Crippen molar-refractivity contribution in [1.82, 2.24) is 0 Å². The second-order valence-corrected chi connectivity index (χ2v) is 5.40. The van der Waals surface area contributed by atoms with Gasteiger partial charge in [0.25, 0.3) is 0 Å². The first kappa shape index (κ1) is 9.00. The minimum atomic E-state index is -2.96. The molecule has 0 radical (unpaired) electrons. The molecule has 0 aliphatic heterocycles. The van der Waals surface area contributed by atoms with Crippen LogP contribution in [0, 0.1) is 0 Å². The van der Waals surface area contributed by atoms with E-state index in [-0.39, 0.29) is 17.6 Å². The normalized spacial score (nSPS) is 20.8. The number of aliphatic hydroxyl groups is 1. The number of hydrogen-bond donors (Lipinski definition) is 1. The molecular weight excluding hydrogens is 164 g/mol. The first-order valence-corrected chi connectivity index (χ1v) is 5.71. The van der Waals surface area contributed by atoms with Gasteiger partial charge in [-0.3, -0.25) is 0 Å². The second kappa shape index (κ2) is 3.54. The maximum atomic E-state index is 11.3. The molecule has 0 atom stereocenters. The highest BCUT2D eigenvalue weighted by atomic mass is 32.2. The molecule has 0 heterocycles. The molecule has 4 heteroatoms. The van der Waals surface area contributed by atoms with Crippen LogP contribution in [0.1, 0.15) is 25.7 Å². The molecule has 0 saturated heterocycles. The van der Waals surface area contributed by atoms with Gasteiger partial charge in [-0.25, -0.2) is 8.42 Å². The van der Waals surface area contributed by atoms with Crippen LogP contribution in [0.25, 0.3) is 0 Å². The van der Waals surface area contributed by atoms with Crippen LogP contribution >= 0.6 is 0 Å². The Labute approximate surface area is 67.3 Å². The summed E-state index contributed by atoms with van der Waals surface area (Å²) in [6, 6.07) is 0. The van der Waals surface area contributed by atoms with Gasteiger partial charge in [0.05, 0.1) is 17.6 Å². The minimum absolute atomic E-state index is 0.0579. The Morgan fingerprint density at radius 2 is 1.82 bits per heavy atom. The molecule has 1 N–H and O–H groups in total. The molecule has 11 heavy (non-hydrogen) atoms. The lowest BCUT2D eigenvalue weighted by molar-refractivity contribution is 0.319. The van der Waals surface area contributed by atoms with E-state index in [1.54, 1.807) is 0 Å². The van der Waals surface area contributed by atoms with Crippen LogP contribution in [-0.4, -0.2) is 31.1 Å². The summed E-state index contributed by atoms with van der Waals surface area (Å²) in [6.45, 7) is -0.237. The highest BCUT2D eigenvalue weighted by molar-refractivity contribution is 7.92. The Morgan fingerprint density at radius 3 is 2.27 bits per heavy atom. The van der Waals surface area contributed by atoms with E-state index in [9.17, 15) is 8.42 Å². The molecule has 1 saturated carbocycles. The number of aliphatic hydroxyl groups excluding tert-OH is 1. The summed E-state index contributed by atoms with van der Waals surface area (Å²) >= 11 is 0. The summed E-state index contributed by atoms with van der Waals surface area (Å²) in [6.07, 6.45) is 3.63. The zero-order valence-corrected chi connectivity index (χ0v) is 7.31. The van der Waals surface area contributed by atoms with Crippen molar-refractivity contribution < 1.29 is 13.5 Å². The zero-order valence-electron chi connectivity index (χ0n) is 6.49. The van der Waals surface area contributed by atoms with Crippen LogP contribution in [-0.2, 0) is 9.84 Å². The Morgan fingerprint density at radius 1 is 1.27 bits per heavy atom. The third-order valence-electron chi connectivity index (χ3n) is 2.19. The maximum Gasteiger partial charge on any atom is 0.155 e. The van der Waals surface area contributed by atoms with Gasteiger partial charge in [0.15, 0.2) is 9.84 Å². The number of rotatable bonds is 3. The highest BCUT2D eigenvalue weighted by Gasteiger charge is 2.27. The number of hydrogen-bond acceptors (Lipinski definition) is 3. The Kier molecular flexibility index (Phi) is 2.90. The first-order chi connectivity index (χ1) is 5.17. The monoisotopic (exact) mass is 178 g/mol. The van der Waals surface area contributed by atoms with E-state index in [0.717, 1.165) is 25.7 Å². The fraction of sp³-hybridized carbons (Fsp3) is 1.00. The molecule has 3 nitrogen and oxygen atoms in total. The van der Waals surface area contributed by atoms with Gasteiger partial charge in [-0.05, 0) is 12.8 Å². The van der Waals surface area contributed by atoms with E-state index in [1.807, 2.05) is 0 Å². The summed E-state index contributed by atoms with van der Waals surface area (Å²) in [5.74, 6) is -0.0579. The summed E-state index contributed by atoms with van der Waals surface area (Å²) in [5, 5.41) is 8.33. The summed E-state index contributed by atoms with van der Waals surface area (Å²) in [4.78, 5) is 0. The molecule has 66 valence electrons. The zero-order chi connectivity index (χ0) is 8.32. The summed E-state index contributed by atoms with van der Waals surface area (Å²) in [5.41, 5.74) is 0. The van der Waals surface area contributed by atoms with E-state index < -0.39 is 9.84 Å². The van der Waals surface area contributed by atoms with Crippen LogP contribution in [0.2, 0.25) is 0 Å². The van der Waals surface area contributed by atoms with Gasteiger partial charge < -0.3 is 5.11 Å². The van der Waals surface area contributed by atoms with E-state index in [2.05, 4.69) is 0 Å². The minimum Gasteiger partial charge on any atom is -0.395 e. The summed E-state index contributed by atoms with van der Waals surface area (Å²) in [7, 11) is -2.96. The van der Waals surface area contributed by atoms with Gasteiger partial charge in [-0.15, -0.1) is 0 Å². The van der Waals surface area contributed by atoms with Crippen molar-refractivity contribution in [3.05, 3.63) is 0 Å². The molecule has 0 aromatic heterocycles. The molecule has 0 spiro atoms. The van der Waals surface area contributed by atoms with Crippen LogP contribution < -0.4 is 0 Å². The fourth-order valence-electron chi connectivity index (χ4n) is 1.54.